The van der Waals surface area contributed by atoms with Crippen molar-refractivity contribution in [3.63, 3.8) is 0 Å². The summed E-state index contributed by atoms with van der Waals surface area (Å²) >= 11 is 0. The van der Waals surface area contributed by atoms with Crippen molar-refractivity contribution in [3.8, 4) is 11.8 Å². The fraction of sp³-hybridized carbons (Fsp3) is 0.818. The van der Waals surface area contributed by atoms with Crippen LogP contribution in [0.15, 0.2) is 0 Å². The van der Waals surface area contributed by atoms with Gasteiger partial charge in [-0.1, -0.05) is 59.3 Å². The van der Waals surface area contributed by atoms with Gasteiger partial charge in [0.2, 0.25) is 0 Å². The van der Waals surface area contributed by atoms with Gasteiger partial charge in [0.25, 0.3) is 0 Å². The molecule has 0 fully saturated rings. The number of aromatic hydroxyl groups is 2. The van der Waals surface area contributed by atoms with E-state index in [0.29, 0.717) is 17.7 Å². The molecular formula is C22H39NO2. The Kier molecular flexibility index (Phi) is 7.27. The summed E-state index contributed by atoms with van der Waals surface area (Å²) in [5, 5.41) is 20.9. The summed E-state index contributed by atoms with van der Waals surface area (Å²) in [6.07, 6.45) is 10.9. The zero-order valence-corrected chi connectivity index (χ0v) is 17.0. The summed E-state index contributed by atoms with van der Waals surface area (Å²) in [4.78, 5) is 0. The maximum Gasteiger partial charge on any atom is 0.197 e. The Bertz CT molecular complexity index is 545. The number of aromatic nitrogens is 1. The fourth-order valence-electron chi connectivity index (χ4n) is 4.39. The van der Waals surface area contributed by atoms with Crippen molar-refractivity contribution in [2.24, 2.45) is 17.8 Å². The van der Waals surface area contributed by atoms with Crippen molar-refractivity contribution in [2.75, 3.05) is 0 Å². The minimum atomic E-state index is 0.0933. The van der Waals surface area contributed by atoms with Crippen LogP contribution in [0, 0.1) is 17.8 Å². The van der Waals surface area contributed by atoms with Crippen LogP contribution in [0.2, 0.25) is 0 Å². The highest BCUT2D eigenvalue weighted by atomic mass is 16.3. The lowest BCUT2D eigenvalue weighted by Crippen LogP contribution is -2.13. The molecule has 1 heterocycles. The largest absolute Gasteiger partial charge is 0.494 e. The SMILES string of the molecule is CC(C)CCCC(C)CCCC1CCc2c(c(O)n(C(C)C)c2O)C1. The molecule has 0 aromatic carbocycles. The summed E-state index contributed by atoms with van der Waals surface area (Å²) in [5.41, 5.74) is 2.00. The minimum absolute atomic E-state index is 0.0933. The molecule has 144 valence electrons. The van der Waals surface area contributed by atoms with Crippen LogP contribution in [0.5, 0.6) is 11.8 Å². The second kappa shape index (κ2) is 9.00. The Morgan fingerprint density at radius 1 is 0.920 bits per heavy atom. The quantitative estimate of drug-likeness (QED) is 0.556. The topological polar surface area (TPSA) is 45.4 Å². The molecule has 0 spiro atoms. The average molecular weight is 350 g/mol. The third-order valence-corrected chi connectivity index (χ3v) is 5.96. The van der Waals surface area contributed by atoms with Gasteiger partial charge in [0, 0.05) is 17.2 Å². The van der Waals surface area contributed by atoms with Gasteiger partial charge >= 0.3 is 0 Å². The third-order valence-electron chi connectivity index (χ3n) is 5.96. The Morgan fingerprint density at radius 2 is 1.56 bits per heavy atom. The van der Waals surface area contributed by atoms with Crippen molar-refractivity contribution in [1.29, 1.82) is 0 Å². The normalized spacial score (nSPS) is 18.8. The maximum absolute atomic E-state index is 10.5. The molecule has 2 N–H and O–H groups in total. The van der Waals surface area contributed by atoms with Gasteiger partial charge in [-0.3, -0.25) is 4.57 Å². The summed E-state index contributed by atoms with van der Waals surface area (Å²) < 4.78 is 1.68. The summed E-state index contributed by atoms with van der Waals surface area (Å²) in [7, 11) is 0. The molecule has 2 atom stereocenters. The second-order valence-corrected chi connectivity index (χ2v) is 9.04. The van der Waals surface area contributed by atoms with Crippen molar-refractivity contribution in [3.05, 3.63) is 11.1 Å². The van der Waals surface area contributed by atoms with Crippen molar-refractivity contribution in [1.82, 2.24) is 4.57 Å². The molecular weight excluding hydrogens is 310 g/mol. The zero-order valence-electron chi connectivity index (χ0n) is 17.0. The van der Waals surface area contributed by atoms with E-state index in [4.69, 9.17) is 0 Å². The van der Waals surface area contributed by atoms with Crippen LogP contribution in [-0.4, -0.2) is 14.8 Å². The van der Waals surface area contributed by atoms with E-state index in [1.807, 2.05) is 13.8 Å². The van der Waals surface area contributed by atoms with Gasteiger partial charge in [-0.05, 0) is 50.9 Å². The monoisotopic (exact) mass is 349 g/mol. The molecule has 3 heteroatoms. The molecule has 0 bridgehead atoms. The number of rotatable bonds is 9. The fourth-order valence-corrected chi connectivity index (χ4v) is 4.39. The molecule has 0 amide bonds. The summed E-state index contributed by atoms with van der Waals surface area (Å²) in [5.74, 6) is 2.90. The van der Waals surface area contributed by atoms with E-state index < -0.39 is 0 Å². The Labute approximate surface area is 154 Å². The molecule has 2 rings (SSSR count). The predicted molar refractivity (Wildman–Crippen MR) is 105 cm³/mol. The Hall–Kier alpha value is -1.12. The molecule has 1 aromatic heterocycles. The number of fused-ring (bicyclic) bond motifs is 1. The molecule has 25 heavy (non-hydrogen) atoms. The molecule has 2 unspecified atom stereocenters. The maximum atomic E-state index is 10.5. The van der Waals surface area contributed by atoms with Crippen LogP contribution in [0.25, 0.3) is 0 Å². The zero-order chi connectivity index (χ0) is 18.6. The summed E-state index contributed by atoms with van der Waals surface area (Å²) in [6, 6.07) is 0.0933. The van der Waals surface area contributed by atoms with Crippen LogP contribution >= 0.6 is 0 Å². The third kappa shape index (κ3) is 5.18. The first-order valence-electron chi connectivity index (χ1n) is 10.4. The first-order valence-corrected chi connectivity index (χ1v) is 10.4. The van der Waals surface area contributed by atoms with E-state index in [2.05, 4.69) is 20.8 Å². The second-order valence-electron chi connectivity index (χ2n) is 9.04. The first kappa shape index (κ1) is 20.2. The van der Waals surface area contributed by atoms with Gasteiger partial charge in [-0.15, -0.1) is 0 Å². The van der Waals surface area contributed by atoms with Crippen molar-refractivity contribution >= 4 is 0 Å². The highest BCUT2D eigenvalue weighted by molar-refractivity contribution is 5.47. The van der Waals surface area contributed by atoms with Crippen LogP contribution in [0.4, 0.5) is 0 Å². The van der Waals surface area contributed by atoms with Crippen molar-refractivity contribution in [2.45, 2.75) is 98.4 Å². The molecule has 1 aliphatic rings. The molecule has 3 nitrogen and oxygen atoms in total. The highest BCUT2D eigenvalue weighted by Gasteiger charge is 2.29. The van der Waals surface area contributed by atoms with Gasteiger partial charge in [-0.2, -0.15) is 0 Å². The number of nitrogens with zero attached hydrogens (tertiary/aromatic N) is 1. The van der Waals surface area contributed by atoms with E-state index in [1.165, 1.54) is 38.5 Å². The van der Waals surface area contributed by atoms with E-state index in [-0.39, 0.29) is 6.04 Å². The molecule has 1 aliphatic carbocycles. The number of hydrogen-bond acceptors (Lipinski definition) is 2. The molecule has 0 saturated carbocycles. The minimum Gasteiger partial charge on any atom is -0.494 e. The van der Waals surface area contributed by atoms with Crippen LogP contribution in [0.3, 0.4) is 0 Å². The van der Waals surface area contributed by atoms with Crippen LogP contribution in [-0.2, 0) is 12.8 Å². The molecule has 0 saturated heterocycles. The van der Waals surface area contributed by atoms with E-state index in [1.54, 1.807) is 4.57 Å². The van der Waals surface area contributed by atoms with Crippen LogP contribution in [0.1, 0.15) is 96.7 Å². The van der Waals surface area contributed by atoms with E-state index >= 15 is 0 Å². The summed E-state index contributed by atoms with van der Waals surface area (Å²) in [6.45, 7) is 11.0. The van der Waals surface area contributed by atoms with E-state index in [9.17, 15) is 10.2 Å². The Morgan fingerprint density at radius 3 is 2.20 bits per heavy atom. The highest BCUT2D eigenvalue weighted by Crippen LogP contribution is 2.43. The van der Waals surface area contributed by atoms with Crippen molar-refractivity contribution < 1.29 is 10.2 Å². The lowest BCUT2D eigenvalue weighted by atomic mass is 9.82. The van der Waals surface area contributed by atoms with Gasteiger partial charge in [0.1, 0.15) is 0 Å². The standard InChI is InChI=1S/C22H39NO2/c1-15(2)8-6-9-17(5)10-7-11-18-12-13-19-20(14-18)22(25)23(16(3)4)21(19)24/h15-18,24-25H,6-14H2,1-5H3. The molecule has 1 aromatic rings. The van der Waals surface area contributed by atoms with Gasteiger partial charge in [-0.25, -0.2) is 0 Å². The van der Waals surface area contributed by atoms with Crippen LogP contribution < -0.4 is 0 Å². The van der Waals surface area contributed by atoms with E-state index in [0.717, 1.165) is 42.2 Å². The lowest BCUT2D eigenvalue weighted by molar-refractivity contribution is 0.346. The number of hydrogen-bond donors (Lipinski definition) is 2. The van der Waals surface area contributed by atoms with Gasteiger partial charge in [0.05, 0.1) is 0 Å². The average Bonchev–Trinajstić information content (AvgIpc) is 2.78. The smallest absolute Gasteiger partial charge is 0.197 e. The Balaban J connectivity index is 1.80. The lowest BCUT2D eigenvalue weighted by Gasteiger charge is -2.23. The molecule has 0 radical (unpaired) electrons. The first-order chi connectivity index (χ1) is 11.8. The van der Waals surface area contributed by atoms with Gasteiger partial charge in [0.15, 0.2) is 11.8 Å². The predicted octanol–water partition coefficient (Wildman–Crippen LogP) is 6.22. The van der Waals surface area contributed by atoms with Gasteiger partial charge < -0.3 is 10.2 Å². The molecule has 0 aliphatic heterocycles.